The molecule has 0 aliphatic heterocycles. The van der Waals surface area contributed by atoms with Crippen LogP contribution in [0.5, 0.6) is 0 Å². The molecule has 1 aliphatic carbocycles. The molecule has 0 atom stereocenters. The van der Waals surface area contributed by atoms with Crippen LogP contribution in [0, 0.1) is 12.3 Å². The first-order chi connectivity index (χ1) is 6.18. The first-order valence-electron chi connectivity index (χ1n) is 4.86. The molecule has 1 aliphatic rings. The molecular formula is C11H16N2. The van der Waals surface area contributed by atoms with Crippen molar-refractivity contribution in [1.82, 2.24) is 4.98 Å². The molecule has 1 N–H and O–H groups in total. The average molecular weight is 176 g/mol. The van der Waals surface area contributed by atoms with Crippen LogP contribution in [0.15, 0.2) is 18.2 Å². The normalized spacial score (nSPS) is 18.3. The van der Waals surface area contributed by atoms with Gasteiger partial charge in [-0.2, -0.15) is 0 Å². The lowest BCUT2D eigenvalue weighted by molar-refractivity contribution is 0.609. The Morgan fingerprint density at radius 2 is 2.23 bits per heavy atom. The van der Waals surface area contributed by atoms with Gasteiger partial charge in [0.1, 0.15) is 5.82 Å². The molecule has 0 unspecified atom stereocenters. The van der Waals surface area contributed by atoms with Gasteiger partial charge in [0, 0.05) is 12.2 Å². The molecule has 1 aromatic rings. The topological polar surface area (TPSA) is 24.9 Å². The van der Waals surface area contributed by atoms with E-state index in [0.717, 1.165) is 18.1 Å². The standard InChI is InChI=1S/C11H16N2/c1-9-4-3-5-10(13-9)12-8-11(2)6-7-11/h3-5H,6-8H2,1-2H3,(H,12,13). The second-order valence-electron chi connectivity index (χ2n) is 4.33. The number of nitrogens with zero attached hydrogens (tertiary/aromatic N) is 1. The van der Waals surface area contributed by atoms with E-state index in [1.54, 1.807) is 0 Å². The highest BCUT2D eigenvalue weighted by molar-refractivity contribution is 5.35. The lowest BCUT2D eigenvalue weighted by Crippen LogP contribution is -2.12. The minimum Gasteiger partial charge on any atom is -0.370 e. The summed E-state index contributed by atoms with van der Waals surface area (Å²) in [6.07, 6.45) is 2.71. The van der Waals surface area contributed by atoms with E-state index >= 15 is 0 Å². The second-order valence-corrected chi connectivity index (χ2v) is 4.33. The SMILES string of the molecule is Cc1cccc(NCC2(C)CC2)n1. The molecule has 13 heavy (non-hydrogen) atoms. The van der Waals surface area contributed by atoms with E-state index in [1.807, 2.05) is 25.1 Å². The molecule has 2 nitrogen and oxygen atoms in total. The van der Waals surface area contributed by atoms with Gasteiger partial charge < -0.3 is 5.32 Å². The summed E-state index contributed by atoms with van der Waals surface area (Å²) >= 11 is 0. The summed E-state index contributed by atoms with van der Waals surface area (Å²) in [6, 6.07) is 6.09. The van der Waals surface area contributed by atoms with E-state index in [0.29, 0.717) is 5.41 Å². The number of rotatable bonds is 3. The fourth-order valence-electron chi connectivity index (χ4n) is 1.34. The highest BCUT2D eigenvalue weighted by Gasteiger charge is 2.36. The summed E-state index contributed by atoms with van der Waals surface area (Å²) in [5, 5.41) is 3.38. The van der Waals surface area contributed by atoms with Gasteiger partial charge in [0.15, 0.2) is 0 Å². The molecule has 1 saturated carbocycles. The highest BCUT2D eigenvalue weighted by atomic mass is 15.0. The number of hydrogen-bond donors (Lipinski definition) is 1. The minimum atomic E-state index is 0.547. The monoisotopic (exact) mass is 176 g/mol. The lowest BCUT2D eigenvalue weighted by Gasteiger charge is -2.10. The van der Waals surface area contributed by atoms with Crippen molar-refractivity contribution >= 4 is 5.82 Å². The Morgan fingerprint density at radius 1 is 1.46 bits per heavy atom. The number of anilines is 1. The van der Waals surface area contributed by atoms with Crippen molar-refractivity contribution < 1.29 is 0 Å². The largest absolute Gasteiger partial charge is 0.370 e. The van der Waals surface area contributed by atoms with Gasteiger partial charge in [0.05, 0.1) is 0 Å². The fourth-order valence-corrected chi connectivity index (χ4v) is 1.34. The van der Waals surface area contributed by atoms with Crippen molar-refractivity contribution in [3.05, 3.63) is 23.9 Å². The Kier molecular flexibility index (Phi) is 1.98. The average Bonchev–Trinajstić information content (AvgIpc) is 2.82. The summed E-state index contributed by atoms with van der Waals surface area (Å²) in [6.45, 7) is 5.39. The number of pyridine rings is 1. The summed E-state index contributed by atoms with van der Waals surface area (Å²) in [5.41, 5.74) is 1.62. The quantitative estimate of drug-likeness (QED) is 0.765. The van der Waals surface area contributed by atoms with E-state index in [1.165, 1.54) is 12.8 Å². The van der Waals surface area contributed by atoms with Crippen molar-refractivity contribution in [3.63, 3.8) is 0 Å². The van der Waals surface area contributed by atoms with Crippen LogP contribution >= 0.6 is 0 Å². The van der Waals surface area contributed by atoms with Crippen LogP contribution in [-0.2, 0) is 0 Å². The summed E-state index contributed by atoms with van der Waals surface area (Å²) in [5.74, 6) is 1.01. The zero-order chi connectivity index (χ0) is 9.31. The summed E-state index contributed by atoms with van der Waals surface area (Å²) in [4.78, 5) is 4.39. The van der Waals surface area contributed by atoms with Gasteiger partial charge in [-0.25, -0.2) is 4.98 Å². The lowest BCUT2D eigenvalue weighted by atomic mass is 10.1. The Hall–Kier alpha value is -1.05. The van der Waals surface area contributed by atoms with Gasteiger partial charge in [-0.1, -0.05) is 13.0 Å². The molecule has 70 valence electrons. The number of nitrogens with one attached hydrogen (secondary N) is 1. The van der Waals surface area contributed by atoms with Gasteiger partial charge in [-0.15, -0.1) is 0 Å². The molecule has 0 aromatic carbocycles. The maximum Gasteiger partial charge on any atom is 0.126 e. The third-order valence-corrected chi connectivity index (χ3v) is 2.69. The maximum atomic E-state index is 4.39. The third-order valence-electron chi connectivity index (χ3n) is 2.69. The summed E-state index contributed by atoms with van der Waals surface area (Å²) in [7, 11) is 0. The van der Waals surface area contributed by atoms with Gasteiger partial charge in [-0.05, 0) is 37.3 Å². The molecule has 2 heteroatoms. The van der Waals surface area contributed by atoms with Crippen LogP contribution in [0.2, 0.25) is 0 Å². The van der Waals surface area contributed by atoms with Gasteiger partial charge in [0.2, 0.25) is 0 Å². The zero-order valence-electron chi connectivity index (χ0n) is 8.30. The Morgan fingerprint density at radius 3 is 2.85 bits per heavy atom. The minimum absolute atomic E-state index is 0.547. The van der Waals surface area contributed by atoms with Crippen LogP contribution in [0.3, 0.4) is 0 Å². The first kappa shape index (κ1) is 8.54. The number of aromatic nitrogens is 1. The van der Waals surface area contributed by atoms with Gasteiger partial charge in [0.25, 0.3) is 0 Å². The fraction of sp³-hybridized carbons (Fsp3) is 0.545. The molecule has 0 spiro atoms. The van der Waals surface area contributed by atoms with Crippen LogP contribution in [-0.4, -0.2) is 11.5 Å². The number of hydrogen-bond acceptors (Lipinski definition) is 2. The molecule has 0 amide bonds. The Balaban J connectivity index is 1.94. The van der Waals surface area contributed by atoms with Crippen molar-refractivity contribution in [1.29, 1.82) is 0 Å². The molecule has 1 heterocycles. The molecule has 0 saturated heterocycles. The maximum absolute atomic E-state index is 4.39. The molecule has 2 rings (SSSR count). The summed E-state index contributed by atoms with van der Waals surface area (Å²) < 4.78 is 0. The van der Waals surface area contributed by atoms with E-state index in [-0.39, 0.29) is 0 Å². The van der Waals surface area contributed by atoms with Crippen LogP contribution in [0.4, 0.5) is 5.82 Å². The van der Waals surface area contributed by atoms with E-state index in [4.69, 9.17) is 0 Å². The zero-order valence-corrected chi connectivity index (χ0v) is 8.30. The molecule has 1 fully saturated rings. The number of aryl methyl sites for hydroxylation is 1. The predicted octanol–water partition coefficient (Wildman–Crippen LogP) is 2.60. The second kappa shape index (κ2) is 3.02. The molecule has 0 radical (unpaired) electrons. The predicted molar refractivity (Wildman–Crippen MR) is 54.8 cm³/mol. The van der Waals surface area contributed by atoms with Crippen LogP contribution in [0.25, 0.3) is 0 Å². The van der Waals surface area contributed by atoms with Crippen LogP contribution < -0.4 is 5.32 Å². The van der Waals surface area contributed by atoms with Crippen molar-refractivity contribution in [2.24, 2.45) is 5.41 Å². The van der Waals surface area contributed by atoms with Gasteiger partial charge in [-0.3, -0.25) is 0 Å². The van der Waals surface area contributed by atoms with E-state index in [2.05, 4.69) is 17.2 Å². The van der Waals surface area contributed by atoms with E-state index in [9.17, 15) is 0 Å². The van der Waals surface area contributed by atoms with Crippen molar-refractivity contribution in [2.75, 3.05) is 11.9 Å². The molecule has 1 aromatic heterocycles. The van der Waals surface area contributed by atoms with Gasteiger partial charge >= 0.3 is 0 Å². The van der Waals surface area contributed by atoms with Crippen molar-refractivity contribution in [2.45, 2.75) is 26.7 Å². The Labute approximate surface area is 79.4 Å². The van der Waals surface area contributed by atoms with Crippen LogP contribution in [0.1, 0.15) is 25.5 Å². The van der Waals surface area contributed by atoms with Crippen molar-refractivity contribution in [3.8, 4) is 0 Å². The Bertz CT molecular complexity index is 303. The first-order valence-corrected chi connectivity index (χ1v) is 4.86. The molecular weight excluding hydrogens is 160 g/mol. The third kappa shape index (κ3) is 2.20. The smallest absolute Gasteiger partial charge is 0.126 e. The molecule has 0 bridgehead atoms. The van der Waals surface area contributed by atoms with E-state index < -0.39 is 0 Å². The highest BCUT2D eigenvalue weighted by Crippen LogP contribution is 2.44.